The first-order valence-electron chi connectivity index (χ1n) is 9.97. The van der Waals surface area contributed by atoms with Crippen LogP contribution in [0, 0.1) is 5.41 Å². The first-order chi connectivity index (χ1) is 14.0. The molecule has 6 nitrogen and oxygen atoms in total. The first-order valence-corrected chi connectivity index (χ1v) is 9.97. The van der Waals surface area contributed by atoms with E-state index in [2.05, 4.69) is 10.6 Å². The summed E-state index contributed by atoms with van der Waals surface area (Å²) < 4.78 is 0. The largest absolute Gasteiger partial charge is 0.329 e. The first kappa shape index (κ1) is 20.7. The Morgan fingerprint density at radius 3 is 1.93 bits per heavy atom. The number of hydrogen-bond donors (Lipinski definition) is 4. The van der Waals surface area contributed by atoms with Gasteiger partial charge in [-0.15, -0.1) is 0 Å². The summed E-state index contributed by atoms with van der Waals surface area (Å²) in [5.74, 6) is 0. The fourth-order valence-corrected chi connectivity index (χ4v) is 4.62. The fourth-order valence-electron chi connectivity index (χ4n) is 4.62. The smallest absolute Gasteiger partial charge is 0.211 e. The van der Waals surface area contributed by atoms with Crippen molar-refractivity contribution in [3.63, 3.8) is 0 Å². The second-order valence-electron chi connectivity index (χ2n) is 7.69. The number of nitrogens with one attached hydrogen (secondary N) is 3. The maximum absolute atomic E-state index is 10.9. The quantitative estimate of drug-likeness (QED) is 0.408. The van der Waals surface area contributed by atoms with Gasteiger partial charge < -0.3 is 21.8 Å². The lowest BCUT2D eigenvalue weighted by molar-refractivity contribution is -0.106. The van der Waals surface area contributed by atoms with Gasteiger partial charge in [0.25, 0.3) is 0 Å². The molecule has 6 heteroatoms. The highest BCUT2D eigenvalue weighted by atomic mass is 16.1. The highest BCUT2D eigenvalue weighted by molar-refractivity contribution is 5.97. The topological polar surface area (TPSA) is 108 Å². The molecule has 29 heavy (non-hydrogen) atoms. The second kappa shape index (κ2) is 8.57. The Morgan fingerprint density at radius 1 is 1.07 bits per heavy atom. The van der Waals surface area contributed by atoms with Crippen molar-refractivity contribution < 1.29 is 9.59 Å². The molecule has 0 spiro atoms. The van der Waals surface area contributed by atoms with Gasteiger partial charge in [0.2, 0.25) is 12.8 Å². The average molecular weight is 393 g/mol. The fraction of sp³-hybridized carbons (Fsp3) is 0.348. The zero-order valence-corrected chi connectivity index (χ0v) is 16.9. The summed E-state index contributed by atoms with van der Waals surface area (Å²) in [6, 6.07) is 11.7. The van der Waals surface area contributed by atoms with Crippen molar-refractivity contribution in [2.45, 2.75) is 51.0 Å². The minimum Gasteiger partial charge on any atom is -0.329 e. The van der Waals surface area contributed by atoms with Crippen molar-refractivity contribution in [2.75, 3.05) is 10.6 Å². The minimum absolute atomic E-state index is 0.110. The van der Waals surface area contributed by atoms with Crippen LogP contribution in [0.25, 0.3) is 0 Å². The SMILES string of the molecule is CCC(=N)C1(C[C@H](C)N)c2ccc(NC=O)cc2CCc2cc(NC=O)ccc21. The zero-order valence-electron chi connectivity index (χ0n) is 16.9. The molecular weight excluding hydrogens is 364 g/mol. The molecule has 0 aromatic heterocycles. The number of fused-ring (bicyclic) bond motifs is 2. The van der Waals surface area contributed by atoms with Gasteiger partial charge in [0.15, 0.2) is 0 Å². The van der Waals surface area contributed by atoms with Crippen molar-refractivity contribution in [2.24, 2.45) is 5.73 Å². The lowest BCUT2D eigenvalue weighted by atomic mass is 9.65. The molecule has 0 bridgehead atoms. The van der Waals surface area contributed by atoms with E-state index in [0.717, 1.165) is 46.5 Å². The van der Waals surface area contributed by atoms with E-state index >= 15 is 0 Å². The number of benzene rings is 2. The molecule has 0 saturated heterocycles. The van der Waals surface area contributed by atoms with Gasteiger partial charge in [-0.3, -0.25) is 9.59 Å². The van der Waals surface area contributed by atoms with Gasteiger partial charge in [-0.1, -0.05) is 19.1 Å². The third-order valence-electron chi connectivity index (χ3n) is 5.74. The van der Waals surface area contributed by atoms with Crippen LogP contribution in [0.5, 0.6) is 0 Å². The molecule has 0 radical (unpaired) electrons. The van der Waals surface area contributed by atoms with E-state index in [4.69, 9.17) is 11.1 Å². The molecule has 2 aromatic rings. The zero-order chi connectivity index (χ0) is 21.0. The third kappa shape index (κ3) is 3.80. The van der Waals surface area contributed by atoms with Crippen molar-refractivity contribution >= 4 is 29.9 Å². The maximum Gasteiger partial charge on any atom is 0.211 e. The summed E-state index contributed by atoms with van der Waals surface area (Å²) in [7, 11) is 0. The van der Waals surface area contributed by atoms with Crippen LogP contribution in [0.15, 0.2) is 36.4 Å². The standard InChI is InChI=1S/C23H28N4O2/c1-3-22(25)23(12-15(2)24)20-8-6-18(26-13-28)10-16(20)4-5-17-11-19(27-14-29)7-9-21(17)23/h6-11,13-15,25H,3-5,12,24H2,1-2H3,(H,26,28)(H,27,29)/t15-/m0/s1. The van der Waals surface area contributed by atoms with Crippen molar-refractivity contribution in [1.82, 2.24) is 0 Å². The molecule has 0 saturated carbocycles. The normalized spacial score (nSPS) is 15.3. The lowest BCUT2D eigenvalue weighted by Gasteiger charge is -2.38. The molecule has 0 aliphatic heterocycles. The molecule has 2 amide bonds. The van der Waals surface area contributed by atoms with E-state index in [1.165, 1.54) is 0 Å². The van der Waals surface area contributed by atoms with Crippen LogP contribution >= 0.6 is 0 Å². The maximum atomic E-state index is 10.9. The monoisotopic (exact) mass is 392 g/mol. The van der Waals surface area contributed by atoms with E-state index in [9.17, 15) is 9.59 Å². The molecule has 1 aliphatic carbocycles. The van der Waals surface area contributed by atoms with E-state index in [1.807, 2.05) is 50.2 Å². The highest BCUT2D eigenvalue weighted by Crippen LogP contribution is 2.45. The predicted octanol–water partition coefficient (Wildman–Crippen LogP) is 3.37. The van der Waals surface area contributed by atoms with E-state index in [0.29, 0.717) is 31.4 Å². The van der Waals surface area contributed by atoms with Crippen LogP contribution in [-0.2, 0) is 27.8 Å². The summed E-state index contributed by atoms with van der Waals surface area (Å²) in [6.07, 6.45) is 4.12. The Kier molecular flexibility index (Phi) is 6.13. The Hall–Kier alpha value is -2.99. The number of hydrogen-bond acceptors (Lipinski definition) is 4. The van der Waals surface area contributed by atoms with Crippen molar-refractivity contribution in [3.05, 3.63) is 58.7 Å². The van der Waals surface area contributed by atoms with E-state index in [1.54, 1.807) is 0 Å². The van der Waals surface area contributed by atoms with Crippen LogP contribution in [0.3, 0.4) is 0 Å². The Balaban J connectivity index is 2.30. The molecule has 1 atom stereocenters. The number of aryl methyl sites for hydroxylation is 2. The third-order valence-corrected chi connectivity index (χ3v) is 5.74. The summed E-state index contributed by atoms with van der Waals surface area (Å²) >= 11 is 0. The van der Waals surface area contributed by atoms with Crippen LogP contribution in [0.4, 0.5) is 11.4 Å². The number of carbonyl (C=O) groups is 2. The Morgan fingerprint density at radius 2 is 1.55 bits per heavy atom. The molecule has 5 N–H and O–H groups in total. The van der Waals surface area contributed by atoms with Gasteiger partial charge in [0.1, 0.15) is 0 Å². The van der Waals surface area contributed by atoms with Gasteiger partial charge in [-0.2, -0.15) is 0 Å². The predicted molar refractivity (Wildman–Crippen MR) is 117 cm³/mol. The van der Waals surface area contributed by atoms with E-state index < -0.39 is 5.41 Å². The molecule has 0 heterocycles. The highest BCUT2D eigenvalue weighted by Gasteiger charge is 2.43. The molecule has 1 aliphatic rings. The van der Waals surface area contributed by atoms with Crippen LogP contribution < -0.4 is 16.4 Å². The minimum atomic E-state index is -0.635. The van der Waals surface area contributed by atoms with Gasteiger partial charge in [-0.05, 0) is 79.1 Å². The summed E-state index contributed by atoms with van der Waals surface area (Å²) in [4.78, 5) is 21.8. The molecule has 0 fully saturated rings. The van der Waals surface area contributed by atoms with Crippen LogP contribution in [0.1, 0.15) is 48.9 Å². The molecule has 3 rings (SSSR count). The van der Waals surface area contributed by atoms with Crippen LogP contribution in [-0.4, -0.2) is 24.6 Å². The Labute approximate surface area is 171 Å². The summed E-state index contributed by atoms with van der Waals surface area (Å²) in [5.41, 5.74) is 12.1. The van der Waals surface area contributed by atoms with Gasteiger partial charge in [0, 0.05) is 23.1 Å². The molecule has 152 valence electrons. The van der Waals surface area contributed by atoms with Gasteiger partial charge >= 0.3 is 0 Å². The number of carbonyl (C=O) groups excluding carboxylic acids is 2. The number of amides is 2. The molecule has 0 unspecified atom stereocenters. The van der Waals surface area contributed by atoms with Crippen molar-refractivity contribution in [1.29, 1.82) is 5.41 Å². The number of rotatable bonds is 8. The Bertz CT molecular complexity index is 875. The molecule has 2 aromatic carbocycles. The number of anilines is 2. The summed E-state index contributed by atoms with van der Waals surface area (Å²) in [5, 5.41) is 14.5. The summed E-state index contributed by atoms with van der Waals surface area (Å²) in [6.45, 7) is 3.97. The van der Waals surface area contributed by atoms with Crippen LogP contribution in [0.2, 0.25) is 0 Å². The second-order valence-corrected chi connectivity index (χ2v) is 7.69. The van der Waals surface area contributed by atoms with Crippen molar-refractivity contribution in [3.8, 4) is 0 Å². The number of nitrogens with two attached hydrogens (primary N) is 1. The molecular formula is C23H28N4O2. The van der Waals surface area contributed by atoms with Gasteiger partial charge in [-0.25, -0.2) is 0 Å². The van der Waals surface area contributed by atoms with Gasteiger partial charge in [0.05, 0.1) is 5.41 Å². The lowest BCUT2D eigenvalue weighted by Crippen LogP contribution is -2.42. The average Bonchev–Trinajstić information content (AvgIpc) is 2.83. The van der Waals surface area contributed by atoms with E-state index in [-0.39, 0.29) is 6.04 Å².